The molecule has 4 aromatic rings. The molecule has 4 aromatic carbocycles. The highest BCUT2D eigenvalue weighted by atomic mass is 15.2. The molecule has 0 aromatic heterocycles. The number of nitrogens with zero attached hydrogens (tertiary/aromatic N) is 1. The number of hydrogen-bond acceptors (Lipinski definition) is 1. The molecular weight excluding hydrogens is 517 g/mol. The van der Waals surface area contributed by atoms with Crippen molar-refractivity contribution in [1.82, 2.24) is 0 Å². The van der Waals surface area contributed by atoms with E-state index in [4.69, 9.17) is 0 Å². The third kappa shape index (κ3) is 3.47. The summed E-state index contributed by atoms with van der Waals surface area (Å²) in [5, 5.41) is 0. The van der Waals surface area contributed by atoms with Gasteiger partial charge < -0.3 is 4.90 Å². The summed E-state index contributed by atoms with van der Waals surface area (Å²) in [4.78, 5) is 2.64. The van der Waals surface area contributed by atoms with Gasteiger partial charge in [-0.15, -0.1) is 0 Å². The summed E-state index contributed by atoms with van der Waals surface area (Å²) in [6, 6.07) is 29.0. The molecular formula is C41H46BN. The Kier molecular flexibility index (Phi) is 5.12. The summed E-state index contributed by atoms with van der Waals surface area (Å²) < 4.78 is 0. The van der Waals surface area contributed by atoms with Crippen molar-refractivity contribution in [1.29, 1.82) is 0 Å². The Morgan fingerprint density at radius 2 is 1.07 bits per heavy atom. The van der Waals surface area contributed by atoms with E-state index in [9.17, 15) is 0 Å². The molecule has 2 aliphatic carbocycles. The second-order valence-corrected chi connectivity index (χ2v) is 17.3. The van der Waals surface area contributed by atoms with Crippen molar-refractivity contribution >= 4 is 40.2 Å². The minimum atomic E-state index is -0.0659. The topological polar surface area (TPSA) is 3.24 Å². The summed E-state index contributed by atoms with van der Waals surface area (Å²) in [5.74, 6) is 0. The summed E-state index contributed by atoms with van der Waals surface area (Å²) in [6.07, 6.45) is 2.35. The maximum absolute atomic E-state index is 2.64. The first kappa shape index (κ1) is 27.3. The highest BCUT2D eigenvalue weighted by Crippen LogP contribution is 2.54. The highest BCUT2D eigenvalue weighted by molar-refractivity contribution is 6.99. The fourth-order valence-electron chi connectivity index (χ4n) is 10.5. The van der Waals surface area contributed by atoms with E-state index in [1.807, 2.05) is 0 Å². The average Bonchev–Trinajstić information content (AvgIpc) is 3.23. The molecule has 0 saturated carbocycles. The van der Waals surface area contributed by atoms with Crippen molar-refractivity contribution in [2.75, 3.05) is 4.90 Å². The second-order valence-electron chi connectivity index (χ2n) is 17.3. The second kappa shape index (κ2) is 8.06. The van der Waals surface area contributed by atoms with Crippen LogP contribution in [-0.2, 0) is 27.1 Å². The quantitative estimate of drug-likeness (QED) is 0.185. The summed E-state index contributed by atoms with van der Waals surface area (Å²) in [5.41, 5.74) is 18.0. The van der Waals surface area contributed by atoms with Crippen LogP contribution < -0.4 is 21.3 Å². The lowest BCUT2D eigenvalue weighted by Gasteiger charge is -2.46. The molecule has 2 heteroatoms. The molecule has 0 unspecified atom stereocenters. The van der Waals surface area contributed by atoms with Crippen LogP contribution in [0.15, 0.2) is 72.8 Å². The van der Waals surface area contributed by atoms with Crippen LogP contribution in [0.2, 0.25) is 0 Å². The van der Waals surface area contributed by atoms with Gasteiger partial charge in [-0.1, -0.05) is 123 Å². The Morgan fingerprint density at radius 1 is 0.488 bits per heavy atom. The number of anilines is 3. The van der Waals surface area contributed by atoms with E-state index >= 15 is 0 Å². The Labute approximate surface area is 259 Å². The average molecular weight is 564 g/mol. The molecule has 0 N–H and O–H groups in total. The van der Waals surface area contributed by atoms with Crippen molar-refractivity contribution in [3.05, 3.63) is 106 Å². The van der Waals surface area contributed by atoms with Gasteiger partial charge in [0, 0.05) is 22.5 Å². The van der Waals surface area contributed by atoms with Crippen molar-refractivity contribution < 1.29 is 0 Å². The minimum Gasteiger partial charge on any atom is -0.311 e. The first-order valence-corrected chi connectivity index (χ1v) is 16.4. The van der Waals surface area contributed by atoms with Crippen molar-refractivity contribution in [3.8, 4) is 0 Å². The monoisotopic (exact) mass is 563 g/mol. The minimum absolute atomic E-state index is 0.0659. The number of benzene rings is 4. The zero-order valence-corrected chi connectivity index (χ0v) is 27.9. The Bertz CT molecular complexity index is 1870. The maximum atomic E-state index is 2.64. The summed E-state index contributed by atoms with van der Waals surface area (Å²) >= 11 is 0. The predicted octanol–water partition coefficient (Wildman–Crippen LogP) is 8.54. The Balaban J connectivity index is 1.47. The number of hydrogen-bond donors (Lipinski definition) is 0. The fourth-order valence-corrected chi connectivity index (χ4v) is 10.5. The molecule has 43 heavy (non-hydrogen) atoms. The molecule has 0 atom stereocenters. The van der Waals surface area contributed by atoms with Crippen LogP contribution in [0, 0.1) is 0 Å². The van der Waals surface area contributed by atoms with Gasteiger partial charge in [-0.25, -0.2) is 0 Å². The normalized spacial score (nSPS) is 21.9. The first-order valence-electron chi connectivity index (χ1n) is 16.4. The van der Waals surface area contributed by atoms with Gasteiger partial charge in [-0.05, 0) is 103 Å². The maximum Gasteiger partial charge on any atom is 0.247 e. The van der Waals surface area contributed by atoms with Crippen molar-refractivity contribution in [2.45, 2.75) is 109 Å². The molecule has 218 valence electrons. The van der Waals surface area contributed by atoms with E-state index in [2.05, 4.69) is 147 Å². The van der Waals surface area contributed by atoms with Crippen LogP contribution in [-0.4, -0.2) is 6.71 Å². The van der Waals surface area contributed by atoms with Gasteiger partial charge in [0.25, 0.3) is 0 Å². The van der Waals surface area contributed by atoms with E-state index in [1.54, 1.807) is 0 Å². The van der Waals surface area contributed by atoms with Crippen LogP contribution in [0.5, 0.6) is 0 Å². The van der Waals surface area contributed by atoms with Crippen molar-refractivity contribution in [3.63, 3.8) is 0 Å². The van der Waals surface area contributed by atoms with E-state index < -0.39 is 0 Å². The molecule has 0 saturated heterocycles. The molecule has 0 radical (unpaired) electrons. The smallest absolute Gasteiger partial charge is 0.247 e. The van der Waals surface area contributed by atoms with Gasteiger partial charge in [-0.2, -0.15) is 0 Å². The molecule has 4 aliphatic rings. The molecule has 1 nitrogen and oxygen atoms in total. The fraction of sp³-hybridized carbons (Fsp3) is 0.415. The third-order valence-electron chi connectivity index (χ3n) is 11.9. The summed E-state index contributed by atoms with van der Waals surface area (Å²) in [7, 11) is 0. The van der Waals surface area contributed by atoms with Crippen LogP contribution >= 0.6 is 0 Å². The van der Waals surface area contributed by atoms with Crippen LogP contribution in [0.1, 0.15) is 115 Å². The van der Waals surface area contributed by atoms with Crippen LogP contribution in [0.4, 0.5) is 17.1 Å². The van der Waals surface area contributed by atoms with E-state index in [1.165, 1.54) is 79.7 Å². The zero-order valence-electron chi connectivity index (χ0n) is 27.9. The summed E-state index contributed by atoms with van der Waals surface area (Å²) in [6.45, 7) is 24.6. The Morgan fingerprint density at radius 3 is 1.77 bits per heavy atom. The van der Waals surface area contributed by atoms with Crippen LogP contribution in [0.25, 0.3) is 0 Å². The molecule has 8 rings (SSSR count). The highest BCUT2D eigenvalue weighted by Gasteiger charge is 2.49. The van der Waals surface area contributed by atoms with E-state index in [0.717, 1.165) is 0 Å². The standard InChI is InChI=1S/C41H46BN/c1-37(2)23-38(3,4)29-20-25(18-19-26(29)37)43-34-17-13-15-28-36(34)42(32-16-12-11-14-27(32)41(28,9)10)33-21-30-31(22-35(33)43)40(7,8)24-39(30,5)6/h11-22H,23-24H2,1-10H3. The van der Waals surface area contributed by atoms with E-state index in [-0.39, 0.29) is 33.8 Å². The third-order valence-corrected chi connectivity index (χ3v) is 11.9. The molecule has 2 heterocycles. The SMILES string of the molecule is CC1(C)CC(C)(C)c2cc(N3c4cc5c(cc4B4c6ccccc6C(C)(C)c6cccc3c64)C(C)(C)CC5(C)C)ccc21. The molecule has 0 spiro atoms. The first-order chi connectivity index (χ1) is 20.0. The van der Waals surface area contributed by atoms with Crippen LogP contribution in [0.3, 0.4) is 0 Å². The van der Waals surface area contributed by atoms with E-state index in [0.29, 0.717) is 0 Å². The van der Waals surface area contributed by atoms with Gasteiger partial charge >= 0.3 is 0 Å². The lowest BCUT2D eigenvalue weighted by molar-refractivity contribution is 0.403. The Hall–Kier alpha value is -3.26. The van der Waals surface area contributed by atoms with Gasteiger partial charge in [-0.3, -0.25) is 0 Å². The zero-order chi connectivity index (χ0) is 30.5. The van der Waals surface area contributed by atoms with Gasteiger partial charge in [0.2, 0.25) is 6.71 Å². The number of fused-ring (bicyclic) bond motifs is 6. The van der Waals surface area contributed by atoms with Gasteiger partial charge in [0.15, 0.2) is 0 Å². The number of rotatable bonds is 1. The van der Waals surface area contributed by atoms with Crippen molar-refractivity contribution in [2.24, 2.45) is 0 Å². The lowest BCUT2D eigenvalue weighted by Crippen LogP contribution is -2.64. The largest absolute Gasteiger partial charge is 0.311 e. The molecule has 0 bridgehead atoms. The molecule has 2 aliphatic heterocycles. The van der Waals surface area contributed by atoms with Gasteiger partial charge in [0.05, 0.1) is 0 Å². The molecule has 0 fully saturated rings. The lowest BCUT2D eigenvalue weighted by atomic mass is 9.30. The predicted molar refractivity (Wildman–Crippen MR) is 186 cm³/mol. The molecule has 0 amide bonds. The van der Waals surface area contributed by atoms with Gasteiger partial charge in [0.1, 0.15) is 0 Å².